The molecule has 0 spiro atoms. The van der Waals surface area contributed by atoms with Crippen molar-refractivity contribution in [2.45, 2.75) is 75.2 Å². The van der Waals surface area contributed by atoms with Crippen molar-refractivity contribution >= 4 is 11.8 Å². The lowest BCUT2D eigenvalue weighted by molar-refractivity contribution is -0.149. The van der Waals surface area contributed by atoms with E-state index in [4.69, 9.17) is 14.2 Å². The van der Waals surface area contributed by atoms with Crippen LogP contribution in [0.3, 0.4) is 0 Å². The molecule has 7 heteroatoms. The molecule has 2 saturated heterocycles. The van der Waals surface area contributed by atoms with Gasteiger partial charge in [-0.1, -0.05) is 18.2 Å². The molecule has 1 aliphatic carbocycles. The minimum Gasteiger partial charge on any atom is -0.483 e. The lowest BCUT2D eigenvalue weighted by Crippen LogP contribution is -2.61. The highest BCUT2D eigenvalue weighted by molar-refractivity contribution is 5.82. The van der Waals surface area contributed by atoms with Gasteiger partial charge in [0.1, 0.15) is 11.9 Å². The first-order valence-corrected chi connectivity index (χ1v) is 11.7. The third-order valence-corrected chi connectivity index (χ3v) is 7.31. The Kier molecular flexibility index (Phi) is 6.14. The second-order valence-electron chi connectivity index (χ2n) is 9.19. The summed E-state index contributed by atoms with van der Waals surface area (Å²) >= 11 is 0. The minimum absolute atomic E-state index is 0.00998. The molecule has 1 saturated carbocycles. The van der Waals surface area contributed by atoms with E-state index in [1.54, 1.807) is 0 Å². The van der Waals surface area contributed by atoms with Crippen LogP contribution in [-0.2, 0) is 19.1 Å². The van der Waals surface area contributed by atoms with Crippen molar-refractivity contribution in [2.24, 2.45) is 0 Å². The fourth-order valence-corrected chi connectivity index (χ4v) is 5.41. The molecule has 6 rings (SSSR count). The normalized spacial score (nSPS) is 33.5. The average Bonchev–Trinajstić information content (AvgIpc) is 2.77. The number of amides is 2. The number of nitrogens with zero attached hydrogens (tertiary/aromatic N) is 1. The summed E-state index contributed by atoms with van der Waals surface area (Å²) in [4.78, 5) is 27.6. The van der Waals surface area contributed by atoms with E-state index in [2.05, 4.69) is 11.4 Å². The van der Waals surface area contributed by atoms with Gasteiger partial charge in [-0.15, -0.1) is 0 Å². The highest BCUT2D eigenvalue weighted by Crippen LogP contribution is 2.38. The molecule has 3 fully saturated rings. The summed E-state index contributed by atoms with van der Waals surface area (Å²) in [7, 11) is 0. The summed E-state index contributed by atoms with van der Waals surface area (Å²) in [5.41, 5.74) is 1.20. The van der Waals surface area contributed by atoms with Gasteiger partial charge in [-0.25, -0.2) is 0 Å². The molecule has 1 aromatic rings. The molecular weight excluding hydrogens is 396 g/mol. The van der Waals surface area contributed by atoms with E-state index in [0.29, 0.717) is 25.7 Å². The van der Waals surface area contributed by atoms with E-state index in [1.165, 1.54) is 5.56 Å². The molecule has 31 heavy (non-hydrogen) atoms. The smallest absolute Gasteiger partial charge is 0.260 e. The first-order valence-electron chi connectivity index (χ1n) is 11.7. The average molecular weight is 429 g/mol. The second kappa shape index (κ2) is 9.17. The predicted octanol–water partition coefficient (Wildman–Crippen LogP) is 2.39. The molecule has 168 valence electrons. The number of piperidine rings is 1. The third-order valence-electron chi connectivity index (χ3n) is 7.31. The van der Waals surface area contributed by atoms with Crippen molar-refractivity contribution in [3.8, 4) is 5.75 Å². The molecule has 2 amide bonds. The third kappa shape index (κ3) is 4.44. The molecule has 1 aromatic carbocycles. The number of rotatable bonds is 2. The van der Waals surface area contributed by atoms with Gasteiger partial charge < -0.3 is 24.4 Å². The van der Waals surface area contributed by atoms with Crippen LogP contribution < -0.4 is 10.1 Å². The zero-order valence-corrected chi connectivity index (χ0v) is 18.0. The molecule has 0 radical (unpaired) electrons. The van der Waals surface area contributed by atoms with Crippen LogP contribution in [0.25, 0.3) is 0 Å². The summed E-state index contributed by atoms with van der Waals surface area (Å²) in [6, 6.07) is 7.81. The number of fused-ring (bicyclic) bond motifs is 5. The number of hydrogen-bond donors (Lipinski definition) is 1. The Bertz CT molecular complexity index is 803. The predicted molar refractivity (Wildman–Crippen MR) is 114 cm³/mol. The summed E-state index contributed by atoms with van der Waals surface area (Å²) < 4.78 is 17.7. The standard InChI is InChI=1S/C24H32N2O5/c27-23-15-31-21-6-2-1-4-18(21)16-7-9-17(10-8-16)30-14-20-19(5-3-12-26(20)23)25-24(28)22-11-13-29-22/h1-2,4,6,16-17,19-20,22H,3,5,7-15H2,(H,25,28)/t16?,17?,19-,20?,22?/m0/s1. The van der Waals surface area contributed by atoms with Crippen LogP contribution >= 0.6 is 0 Å². The van der Waals surface area contributed by atoms with Crippen LogP contribution in [-0.4, -0.2) is 67.4 Å². The van der Waals surface area contributed by atoms with Crippen LogP contribution in [0.15, 0.2) is 24.3 Å². The van der Waals surface area contributed by atoms with E-state index in [1.807, 2.05) is 23.1 Å². The number of nitrogens with one attached hydrogen (secondary N) is 1. The van der Waals surface area contributed by atoms with Gasteiger partial charge in [0.25, 0.3) is 5.91 Å². The number of carbonyl (C=O) groups is 2. The number of para-hydroxylation sites is 1. The molecule has 2 bridgehead atoms. The van der Waals surface area contributed by atoms with E-state index < -0.39 is 0 Å². The van der Waals surface area contributed by atoms with Gasteiger partial charge in [-0.05, 0) is 56.1 Å². The molecule has 3 atom stereocenters. The monoisotopic (exact) mass is 428 g/mol. The highest BCUT2D eigenvalue weighted by atomic mass is 16.5. The van der Waals surface area contributed by atoms with Crippen molar-refractivity contribution < 1.29 is 23.8 Å². The molecule has 1 N–H and O–H groups in total. The maximum absolute atomic E-state index is 13.2. The van der Waals surface area contributed by atoms with Crippen molar-refractivity contribution in [3.05, 3.63) is 29.8 Å². The summed E-state index contributed by atoms with van der Waals surface area (Å²) in [6.07, 6.45) is 6.44. The van der Waals surface area contributed by atoms with Gasteiger partial charge in [0.2, 0.25) is 5.91 Å². The molecule has 0 aromatic heterocycles. The van der Waals surface area contributed by atoms with Gasteiger partial charge >= 0.3 is 0 Å². The van der Waals surface area contributed by atoms with E-state index >= 15 is 0 Å². The number of ether oxygens (including phenoxy) is 3. The lowest BCUT2D eigenvalue weighted by Gasteiger charge is -2.42. The van der Waals surface area contributed by atoms with Crippen LogP contribution in [0.2, 0.25) is 0 Å². The highest BCUT2D eigenvalue weighted by Gasteiger charge is 2.38. The van der Waals surface area contributed by atoms with Gasteiger partial charge in [0, 0.05) is 13.0 Å². The molecule has 4 heterocycles. The Morgan fingerprint density at radius 3 is 2.61 bits per heavy atom. The van der Waals surface area contributed by atoms with Crippen LogP contribution in [0.4, 0.5) is 0 Å². The Balaban J connectivity index is 1.37. The Morgan fingerprint density at radius 2 is 1.84 bits per heavy atom. The first-order chi connectivity index (χ1) is 15.2. The van der Waals surface area contributed by atoms with Crippen molar-refractivity contribution in [1.82, 2.24) is 10.2 Å². The van der Waals surface area contributed by atoms with Crippen LogP contribution in [0, 0.1) is 0 Å². The Hall–Kier alpha value is -2.12. The first kappa shape index (κ1) is 20.8. The maximum Gasteiger partial charge on any atom is 0.260 e. The molecule has 4 aliphatic heterocycles. The van der Waals surface area contributed by atoms with Crippen molar-refractivity contribution in [3.63, 3.8) is 0 Å². The van der Waals surface area contributed by atoms with Crippen molar-refractivity contribution in [1.29, 1.82) is 0 Å². The van der Waals surface area contributed by atoms with E-state index in [9.17, 15) is 9.59 Å². The fourth-order valence-electron chi connectivity index (χ4n) is 5.41. The van der Waals surface area contributed by atoms with Gasteiger partial charge in [-0.3, -0.25) is 9.59 Å². The molecule has 5 aliphatic rings. The van der Waals surface area contributed by atoms with Gasteiger partial charge in [-0.2, -0.15) is 0 Å². The largest absolute Gasteiger partial charge is 0.483 e. The zero-order chi connectivity index (χ0) is 21.2. The van der Waals surface area contributed by atoms with Gasteiger partial charge in [0.05, 0.1) is 31.4 Å². The maximum atomic E-state index is 13.2. The zero-order valence-electron chi connectivity index (χ0n) is 18.0. The van der Waals surface area contributed by atoms with E-state index in [0.717, 1.165) is 50.7 Å². The fraction of sp³-hybridized carbons (Fsp3) is 0.667. The Morgan fingerprint density at radius 1 is 1.03 bits per heavy atom. The molecule has 7 nitrogen and oxygen atoms in total. The summed E-state index contributed by atoms with van der Waals surface area (Å²) in [5, 5.41) is 3.14. The number of hydrogen-bond acceptors (Lipinski definition) is 5. The van der Waals surface area contributed by atoms with Crippen LogP contribution in [0.1, 0.15) is 56.4 Å². The summed E-state index contributed by atoms with van der Waals surface area (Å²) in [6.45, 7) is 1.76. The van der Waals surface area contributed by atoms with E-state index in [-0.39, 0.29) is 42.7 Å². The minimum atomic E-state index is -0.350. The van der Waals surface area contributed by atoms with Crippen molar-refractivity contribution in [2.75, 3.05) is 26.4 Å². The lowest BCUT2D eigenvalue weighted by atomic mass is 9.82. The second-order valence-corrected chi connectivity index (χ2v) is 9.19. The van der Waals surface area contributed by atoms with Gasteiger partial charge in [0.15, 0.2) is 6.61 Å². The quantitative estimate of drug-likeness (QED) is 0.783. The summed E-state index contributed by atoms with van der Waals surface area (Å²) in [5.74, 6) is 1.15. The SMILES string of the molecule is O=C(N[C@H]1CCCN2C(=O)COc3ccccc3C3CCC(CC3)OCC12)C1CCO1. The molecular formula is C24H32N2O5. The Labute approximate surface area is 183 Å². The number of benzene rings is 1. The number of carbonyl (C=O) groups excluding carboxylic acids is 2. The molecule has 2 unspecified atom stereocenters. The topological polar surface area (TPSA) is 77.1 Å². The van der Waals surface area contributed by atoms with Crippen LogP contribution in [0.5, 0.6) is 5.75 Å².